The summed E-state index contributed by atoms with van der Waals surface area (Å²) in [5.41, 5.74) is 8.01. The number of hydrogen-bond acceptors (Lipinski definition) is 4. The third kappa shape index (κ3) is 4.12. The van der Waals surface area contributed by atoms with Crippen LogP contribution in [0.4, 0.5) is 0 Å². The van der Waals surface area contributed by atoms with Crippen molar-refractivity contribution >= 4 is 17.4 Å². The topological polar surface area (TPSA) is 78.6 Å². The number of nitrogens with two attached hydrogens (primary N) is 1. The lowest BCUT2D eigenvalue weighted by Gasteiger charge is -2.22. The highest BCUT2D eigenvalue weighted by atomic mass is 16.5. The van der Waals surface area contributed by atoms with Crippen LogP contribution in [0.25, 0.3) is 5.57 Å². The van der Waals surface area contributed by atoms with E-state index < -0.39 is 11.9 Å². The highest BCUT2D eigenvalue weighted by molar-refractivity contribution is 6.02. The zero-order chi connectivity index (χ0) is 17.7. The minimum absolute atomic E-state index is 0.0293. The smallest absolute Gasteiger partial charge is 0.337 e. The fourth-order valence-corrected chi connectivity index (χ4v) is 2.66. The molecule has 0 aliphatic rings. The number of carbonyl (C=O) groups excluding carboxylic acids is 2. The van der Waals surface area contributed by atoms with E-state index in [2.05, 4.69) is 0 Å². The third-order valence-corrected chi connectivity index (χ3v) is 3.62. The molecule has 0 unspecified atom stereocenters. The summed E-state index contributed by atoms with van der Waals surface area (Å²) >= 11 is 0. The Morgan fingerprint density at radius 1 is 1.04 bits per heavy atom. The minimum Gasteiger partial charge on any atom is -0.496 e. The van der Waals surface area contributed by atoms with E-state index >= 15 is 0 Å². The Morgan fingerprint density at radius 3 is 2.04 bits per heavy atom. The van der Waals surface area contributed by atoms with E-state index in [-0.39, 0.29) is 11.8 Å². The van der Waals surface area contributed by atoms with Crippen LogP contribution in [0, 0.1) is 11.8 Å². The normalized spacial score (nSPS) is 12.2. The maximum absolute atomic E-state index is 12.0. The Kier molecular flexibility index (Phi) is 6.37. The lowest BCUT2D eigenvalue weighted by molar-refractivity contribution is -0.114. The molecule has 0 aliphatic heterocycles. The van der Waals surface area contributed by atoms with Gasteiger partial charge in [-0.05, 0) is 35.6 Å². The summed E-state index contributed by atoms with van der Waals surface area (Å²) in [6.07, 6.45) is 0. The number of primary amides is 1. The van der Waals surface area contributed by atoms with Gasteiger partial charge in [0.15, 0.2) is 0 Å². The Bertz CT molecular complexity index is 630. The molecular formula is C18H25NO4. The van der Waals surface area contributed by atoms with E-state index in [4.69, 9.17) is 15.2 Å². The van der Waals surface area contributed by atoms with Gasteiger partial charge in [0.05, 0.1) is 19.8 Å². The number of carbonyl (C=O) groups is 2. The zero-order valence-corrected chi connectivity index (χ0v) is 14.6. The second-order valence-corrected chi connectivity index (χ2v) is 5.91. The van der Waals surface area contributed by atoms with Crippen LogP contribution in [-0.2, 0) is 9.53 Å². The zero-order valence-electron chi connectivity index (χ0n) is 14.6. The minimum atomic E-state index is -0.464. The van der Waals surface area contributed by atoms with Crippen molar-refractivity contribution in [3.63, 3.8) is 0 Å². The average molecular weight is 319 g/mol. The van der Waals surface area contributed by atoms with Gasteiger partial charge < -0.3 is 15.2 Å². The molecule has 0 radical (unpaired) electrons. The van der Waals surface area contributed by atoms with Gasteiger partial charge in [0.2, 0.25) is 5.91 Å². The second kappa shape index (κ2) is 7.81. The second-order valence-electron chi connectivity index (χ2n) is 5.91. The van der Waals surface area contributed by atoms with Crippen molar-refractivity contribution in [3.8, 4) is 5.75 Å². The van der Waals surface area contributed by atoms with Crippen LogP contribution in [-0.4, -0.2) is 26.1 Å². The van der Waals surface area contributed by atoms with Crippen molar-refractivity contribution < 1.29 is 19.1 Å². The van der Waals surface area contributed by atoms with E-state index in [1.54, 1.807) is 25.3 Å². The molecule has 0 fully saturated rings. The van der Waals surface area contributed by atoms with Crippen LogP contribution in [0.5, 0.6) is 5.75 Å². The fourth-order valence-electron chi connectivity index (χ4n) is 2.66. The van der Waals surface area contributed by atoms with Gasteiger partial charge in [-0.3, -0.25) is 4.79 Å². The highest BCUT2D eigenvalue weighted by Gasteiger charge is 2.23. The van der Waals surface area contributed by atoms with Crippen LogP contribution >= 0.6 is 0 Å². The lowest BCUT2D eigenvalue weighted by atomic mass is 9.84. The molecule has 1 amide bonds. The monoisotopic (exact) mass is 319 g/mol. The quantitative estimate of drug-likeness (QED) is 0.645. The summed E-state index contributed by atoms with van der Waals surface area (Å²) < 4.78 is 10.2. The van der Waals surface area contributed by atoms with Gasteiger partial charge in [0, 0.05) is 11.1 Å². The number of rotatable bonds is 6. The number of benzene rings is 1. The van der Waals surface area contributed by atoms with Crippen molar-refractivity contribution in [2.45, 2.75) is 27.7 Å². The Balaban J connectivity index is 3.75. The molecule has 1 aromatic rings. The Hall–Kier alpha value is -2.30. The van der Waals surface area contributed by atoms with E-state index in [0.717, 1.165) is 5.57 Å². The predicted molar refractivity (Wildman–Crippen MR) is 90.1 cm³/mol. The predicted octanol–water partition coefficient (Wildman–Crippen LogP) is 3.03. The Labute approximate surface area is 137 Å². The van der Waals surface area contributed by atoms with Crippen LogP contribution < -0.4 is 10.5 Å². The van der Waals surface area contributed by atoms with Crippen LogP contribution in [0.3, 0.4) is 0 Å². The number of hydrogen-bond donors (Lipinski definition) is 1. The van der Waals surface area contributed by atoms with Crippen LogP contribution in [0.1, 0.15) is 43.6 Å². The molecular weight excluding hydrogens is 294 g/mol. The molecule has 0 heterocycles. The SMILES string of the molecule is COC(=O)c1ccc(OC)c(C(=C(C(N)=O)C(C)C)C(C)C)c1. The summed E-state index contributed by atoms with van der Waals surface area (Å²) in [5.74, 6) is -0.338. The van der Waals surface area contributed by atoms with Gasteiger partial charge in [-0.25, -0.2) is 4.79 Å². The first-order chi connectivity index (χ1) is 10.7. The van der Waals surface area contributed by atoms with Crippen molar-refractivity contribution in [2.24, 2.45) is 17.6 Å². The first-order valence-electron chi connectivity index (χ1n) is 7.55. The molecule has 0 aliphatic carbocycles. The molecule has 0 atom stereocenters. The van der Waals surface area contributed by atoms with E-state index in [0.29, 0.717) is 22.4 Å². The fraction of sp³-hybridized carbons (Fsp3) is 0.444. The number of amides is 1. The molecule has 126 valence electrons. The first kappa shape index (κ1) is 18.7. The molecule has 0 saturated carbocycles. The molecule has 2 N–H and O–H groups in total. The number of allylic oxidation sites excluding steroid dienone is 1. The third-order valence-electron chi connectivity index (χ3n) is 3.62. The number of methoxy groups -OCH3 is 2. The standard InChI is InChI=1S/C18H25NO4/c1-10(2)15(16(11(3)4)17(19)20)13-9-12(18(21)23-6)7-8-14(13)22-5/h7-11H,1-6H3,(H2,19,20). The summed E-state index contributed by atoms with van der Waals surface area (Å²) in [6.45, 7) is 7.79. The first-order valence-corrected chi connectivity index (χ1v) is 7.55. The van der Waals surface area contributed by atoms with Crippen LogP contribution in [0.15, 0.2) is 23.8 Å². The van der Waals surface area contributed by atoms with E-state index in [1.807, 2.05) is 27.7 Å². The molecule has 0 saturated heterocycles. The highest BCUT2D eigenvalue weighted by Crippen LogP contribution is 2.36. The van der Waals surface area contributed by atoms with Crippen molar-refractivity contribution in [2.75, 3.05) is 14.2 Å². The molecule has 0 aromatic heterocycles. The van der Waals surface area contributed by atoms with Gasteiger partial charge >= 0.3 is 5.97 Å². The molecule has 1 rings (SSSR count). The Morgan fingerprint density at radius 2 is 1.65 bits per heavy atom. The molecule has 23 heavy (non-hydrogen) atoms. The maximum Gasteiger partial charge on any atom is 0.337 e. The average Bonchev–Trinajstić information content (AvgIpc) is 2.49. The van der Waals surface area contributed by atoms with Crippen molar-refractivity contribution in [3.05, 3.63) is 34.9 Å². The van der Waals surface area contributed by atoms with E-state index in [1.165, 1.54) is 7.11 Å². The van der Waals surface area contributed by atoms with E-state index in [9.17, 15) is 9.59 Å². The molecule has 0 spiro atoms. The van der Waals surface area contributed by atoms with Crippen molar-refractivity contribution in [1.82, 2.24) is 0 Å². The summed E-state index contributed by atoms with van der Waals surface area (Å²) in [7, 11) is 2.88. The van der Waals surface area contributed by atoms with Gasteiger partial charge in [0.1, 0.15) is 5.75 Å². The maximum atomic E-state index is 12.0. The number of esters is 1. The largest absolute Gasteiger partial charge is 0.496 e. The van der Waals surface area contributed by atoms with Gasteiger partial charge in [-0.2, -0.15) is 0 Å². The summed E-state index contributed by atoms with van der Waals surface area (Å²) in [4.78, 5) is 23.8. The molecule has 5 nitrogen and oxygen atoms in total. The number of ether oxygens (including phenoxy) is 2. The molecule has 0 bridgehead atoms. The summed E-state index contributed by atoms with van der Waals surface area (Å²) in [5, 5.41) is 0. The molecule has 1 aromatic carbocycles. The molecule has 5 heteroatoms. The van der Waals surface area contributed by atoms with Crippen LogP contribution in [0.2, 0.25) is 0 Å². The summed E-state index contributed by atoms with van der Waals surface area (Å²) in [6, 6.07) is 5.01. The van der Waals surface area contributed by atoms with Crippen molar-refractivity contribution in [1.29, 1.82) is 0 Å². The van der Waals surface area contributed by atoms with Gasteiger partial charge in [-0.15, -0.1) is 0 Å². The van der Waals surface area contributed by atoms with Gasteiger partial charge in [0.25, 0.3) is 0 Å². The lowest BCUT2D eigenvalue weighted by Crippen LogP contribution is -2.21. The van der Waals surface area contributed by atoms with Gasteiger partial charge in [-0.1, -0.05) is 27.7 Å².